The van der Waals surface area contributed by atoms with Gasteiger partial charge < -0.3 is 20.1 Å². The van der Waals surface area contributed by atoms with Gasteiger partial charge >= 0.3 is 5.97 Å². The topological polar surface area (TPSA) is 95.9 Å². The van der Waals surface area contributed by atoms with E-state index in [1.54, 1.807) is 65.6 Å². The molecule has 0 aliphatic carbocycles. The third-order valence-corrected chi connectivity index (χ3v) is 7.40. The number of hydrogen-bond donors (Lipinski definition) is 2. The van der Waals surface area contributed by atoms with Gasteiger partial charge in [0.15, 0.2) is 5.78 Å². The van der Waals surface area contributed by atoms with Crippen LogP contribution in [0.2, 0.25) is 0 Å². The predicted octanol–water partition coefficient (Wildman–Crippen LogP) is 7.41. The van der Waals surface area contributed by atoms with Gasteiger partial charge in [0, 0.05) is 35.3 Å². The minimum absolute atomic E-state index is 0.0884. The second-order valence-corrected chi connectivity index (χ2v) is 10.7. The molecule has 4 aromatic carbocycles. The van der Waals surface area contributed by atoms with Crippen molar-refractivity contribution in [3.8, 4) is 5.75 Å². The van der Waals surface area contributed by atoms with Gasteiger partial charge in [0.2, 0.25) is 5.91 Å². The molecule has 0 aliphatic rings. The first-order valence-corrected chi connectivity index (χ1v) is 15.2. The Morgan fingerprint density at radius 1 is 0.795 bits per heavy atom. The molecule has 1 amide bonds. The number of ether oxygens (including phenoxy) is 1. The molecule has 2 N–H and O–H groups in total. The maximum Gasteiger partial charge on any atom is 0.326 e. The summed E-state index contributed by atoms with van der Waals surface area (Å²) in [6.07, 6.45) is 4.89. The van der Waals surface area contributed by atoms with E-state index in [1.165, 1.54) is 0 Å². The summed E-state index contributed by atoms with van der Waals surface area (Å²) in [6.45, 7) is 2.89. The fourth-order valence-corrected chi connectivity index (χ4v) is 5.00. The summed E-state index contributed by atoms with van der Waals surface area (Å²) >= 11 is 0. The molecule has 228 valence electrons. The average Bonchev–Trinajstić information content (AvgIpc) is 3.06. The van der Waals surface area contributed by atoms with Gasteiger partial charge in [-0.1, -0.05) is 99.0 Å². The lowest BCUT2D eigenvalue weighted by Gasteiger charge is -2.23. The van der Waals surface area contributed by atoms with Crippen LogP contribution < -0.4 is 15.0 Å². The highest BCUT2D eigenvalue weighted by atomic mass is 16.5. The van der Waals surface area contributed by atoms with Gasteiger partial charge in [-0.2, -0.15) is 0 Å². The molecule has 1 atom stereocenters. The van der Waals surface area contributed by atoms with E-state index in [1.807, 2.05) is 48.5 Å². The van der Waals surface area contributed by atoms with Crippen LogP contribution in [0, 0.1) is 0 Å². The van der Waals surface area contributed by atoms with Crippen molar-refractivity contribution in [1.29, 1.82) is 0 Å². The number of anilines is 2. The van der Waals surface area contributed by atoms with E-state index in [2.05, 4.69) is 12.2 Å². The molecule has 0 saturated carbocycles. The first-order chi connectivity index (χ1) is 21.5. The third kappa shape index (κ3) is 9.30. The molecular weight excluding hydrogens is 552 g/mol. The number of hydrogen-bond acceptors (Lipinski definition) is 5. The second-order valence-electron chi connectivity index (χ2n) is 10.7. The quantitative estimate of drug-likeness (QED) is 0.0979. The Labute approximate surface area is 259 Å². The van der Waals surface area contributed by atoms with Crippen molar-refractivity contribution in [2.45, 2.75) is 51.5 Å². The van der Waals surface area contributed by atoms with E-state index in [0.717, 1.165) is 36.9 Å². The maximum atomic E-state index is 13.1. The number of carbonyl (C=O) groups is 3. The number of carboxylic acids is 1. The van der Waals surface area contributed by atoms with Gasteiger partial charge in [-0.15, -0.1) is 0 Å². The summed E-state index contributed by atoms with van der Waals surface area (Å²) in [7, 11) is 0. The van der Waals surface area contributed by atoms with Crippen LogP contribution in [0.5, 0.6) is 5.75 Å². The third-order valence-electron chi connectivity index (χ3n) is 7.40. The van der Waals surface area contributed by atoms with Gasteiger partial charge in [-0.05, 0) is 48.4 Å². The number of ketones is 1. The monoisotopic (exact) mass is 592 g/mol. The number of aliphatic carboxylic acids is 1. The highest BCUT2D eigenvalue weighted by Crippen LogP contribution is 2.22. The van der Waals surface area contributed by atoms with Crippen molar-refractivity contribution >= 4 is 29.0 Å². The lowest BCUT2D eigenvalue weighted by molar-refractivity contribution is -0.137. The molecule has 0 fully saturated rings. The molecule has 0 aliphatic heterocycles. The fourth-order valence-electron chi connectivity index (χ4n) is 5.00. The first kappa shape index (κ1) is 32.0. The number of amides is 1. The lowest BCUT2D eigenvalue weighted by atomic mass is 10.00. The van der Waals surface area contributed by atoms with Gasteiger partial charge in [0.25, 0.3) is 0 Å². The number of rotatable bonds is 17. The van der Waals surface area contributed by atoms with Crippen molar-refractivity contribution in [2.75, 3.05) is 23.4 Å². The Bertz CT molecular complexity index is 1490. The summed E-state index contributed by atoms with van der Waals surface area (Å²) in [4.78, 5) is 40.1. The number of carbonyl (C=O) groups excluding carboxylic acids is 2. The molecule has 0 bridgehead atoms. The SMILES string of the molecule is CCCCCCC(=O)N(CCOc1ccc(C[C@H](Nc2ccccc2C(=O)c2ccccc2)C(=O)O)cc1)c1ccccc1. The van der Waals surface area contributed by atoms with E-state index in [-0.39, 0.29) is 18.1 Å². The Balaban J connectivity index is 1.36. The molecule has 0 aromatic heterocycles. The Kier molecular flexibility index (Phi) is 12.1. The van der Waals surface area contributed by atoms with E-state index in [0.29, 0.717) is 42.1 Å². The molecule has 4 rings (SSSR count). The van der Waals surface area contributed by atoms with Crippen LogP contribution in [0.4, 0.5) is 11.4 Å². The van der Waals surface area contributed by atoms with Crippen molar-refractivity contribution < 1.29 is 24.2 Å². The Hall–Kier alpha value is -4.91. The molecule has 44 heavy (non-hydrogen) atoms. The minimum Gasteiger partial charge on any atom is -0.492 e. The predicted molar refractivity (Wildman–Crippen MR) is 175 cm³/mol. The Morgan fingerprint density at radius 3 is 2.14 bits per heavy atom. The number of nitrogens with one attached hydrogen (secondary N) is 1. The molecule has 0 spiro atoms. The van der Waals surface area contributed by atoms with Crippen LogP contribution >= 0.6 is 0 Å². The zero-order valence-corrected chi connectivity index (χ0v) is 25.2. The van der Waals surface area contributed by atoms with Crippen LogP contribution in [0.3, 0.4) is 0 Å². The molecule has 0 saturated heterocycles. The number of unbranched alkanes of at least 4 members (excludes halogenated alkanes) is 3. The van der Waals surface area contributed by atoms with Crippen molar-refractivity contribution in [1.82, 2.24) is 0 Å². The van der Waals surface area contributed by atoms with Gasteiger partial charge in [-0.3, -0.25) is 9.59 Å². The zero-order chi connectivity index (χ0) is 31.1. The number of nitrogens with zero attached hydrogens (tertiary/aromatic N) is 1. The van der Waals surface area contributed by atoms with Gasteiger partial charge in [0.1, 0.15) is 18.4 Å². The summed E-state index contributed by atoms with van der Waals surface area (Å²) in [5, 5.41) is 13.0. The molecule has 0 unspecified atom stereocenters. The van der Waals surface area contributed by atoms with Crippen molar-refractivity contribution in [3.63, 3.8) is 0 Å². The van der Waals surface area contributed by atoms with Crippen LogP contribution in [0.1, 0.15) is 60.5 Å². The maximum absolute atomic E-state index is 13.1. The summed E-state index contributed by atoms with van der Waals surface area (Å²) in [5.41, 5.74) is 3.07. The van der Waals surface area contributed by atoms with Gasteiger partial charge in [0.05, 0.1) is 6.54 Å². The summed E-state index contributed by atoms with van der Waals surface area (Å²) in [6, 6.07) is 31.8. The van der Waals surface area contributed by atoms with Crippen LogP contribution in [-0.4, -0.2) is 42.0 Å². The van der Waals surface area contributed by atoms with E-state index >= 15 is 0 Å². The molecule has 7 heteroatoms. The molecule has 0 heterocycles. The number of carboxylic acid groups (broad SMARTS) is 1. The second kappa shape index (κ2) is 16.7. The smallest absolute Gasteiger partial charge is 0.326 e. The van der Waals surface area contributed by atoms with Crippen LogP contribution in [0.25, 0.3) is 0 Å². The molecule has 4 aromatic rings. The highest BCUT2D eigenvalue weighted by Gasteiger charge is 2.21. The van der Waals surface area contributed by atoms with Crippen molar-refractivity contribution in [3.05, 3.63) is 126 Å². The van der Waals surface area contributed by atoms with E-state index in [9.17, 15) is 19.5 Å². The molecule has 0 radical (unpaired) electrons. The summed E-state index contributed by atoms with van der Waals surface area (Å²) in [5.74, 6) is -0.475. The zero-order valence-electron chi connectivity index (χ0n) is 25.2. The van der Waals surface area contributed by atoms with Crippen molar-refractivity contribution in [2.24, 2.45) is 0 Å². The molecular formula is C37H40N2O5. The first-order valence-electron chi connectivity index (χ1n) is 15.2. The largest absolute Gasteiger partial charge is 0.492 e. The van der Waals surface area contributed by atoms with E-state index < -0.39 is 12.0 Å². The van der Waals surface area contributed by atoms with Crippen LogP contribution in [-0.2, 0) is 16.0 Å². The average molecular weight is 593 g/mol. The number of para-hydroxylation sites is 2. The Morgan fingerprint density at radius 2 is 1.45 bits per heavy atom. The minimum atomic E-state index is -1.02. The number of benzene rings is 4. The van der Waals surface area contributed by atoms with E-state index in [4.69, 9.17) is 4.74 Å². The highest BCUT2D eigenvalue weighted by molar-refractivity contribution is 6.12. The lowest BCUT2D eigenvalue weighted by Crippen LogP contribution is -2.34. The fraction of sp³-hybridized carbons (Fsp3) is 0.270. The summed E-state index contributed by atoms with van der Waals surface area (Å²) < 4.78 is 5.98. The van der Waals surface area contributed by atoms with Gasteiger partial charge in [-0.25, -0.2) is 4.79 Å². The normalized spacial score (nSPS) is 11.4. The van der Waals surface area contributed by atoms with Crippen LogP contribution in [0.15, 0.2) is 109 Å². The molecule has 7 nitrogen and oxygen atoms in total. The standard InChI is InChI=1S/C37H40N2O5/c1-2-3-4-11-20-35(40)39(30-16-9-6-10-17-30)25-26-44-31-23-21-28(22-24-31)27-34(37(42)43)38-33-19-13-12-18-32(33)36(41)29-14-7-5-8-15-29/h5-10,12-19,21-24,34,38H,2-4,11,20,25-27H2,1H3,(H,42,43)/t34-/m0/s1.